The molecule has 0 fully saturated rings. The van der Waals surface area contributed by atoms with Gasteiger partial charge in [0.05, 0.1) is 5.02 Å². The molecule has 1 heterocycles. The number of alkyl halides is 2. The molecule has 12 heavy (non-hydrogen) atoms. The van der Waals surface area contributed by atoms with Gasteiger partial charge in [0.2, 0.25) is 0 Å². The minimum atomic E-state index is -2.92. The Morgan fingerprint density at radius 2 is 2.00 bits per heavy atom. The zero-order valence-corrected chi connectivity index (χ0v) is 7.11. The van der Waals surface area contributed by atoms with E-state index in [1.54, 1.807) is 0 Å². The number of halogens is 4. The van der Waals surface area contributed by atoms with Crippen molar-refractivity contribution in [3.63, 3.8) is 0 Å². The van der Waals surface area contributed by atoms with E-state index in [-0.39, 0.29) is 14.6 Å². The van der Waals surface area contributed by atoms with Gasteiger partial charge in [-0.2, -0.15) is 8.78 Å². The van der Waals surface area contributed by atoms with Gasteiger partial charge < -0.3 is 0 Å². The fraction of sp³-hybridized carbons (Fsp3) is 0.167. The Morgan fingerprint density at radius 1 is 1.42 bits per heavy atom. The second-order valence-electron chi connectivity index (χ2n) is 2.00. The normalized spacial score (nSPS) is 10.8. The van der Waals surface area contributed by atoms with E-state index in [1.165, 1.54) is 0 Å². The highest BCUT2D eigenvalue weighted by Gasteiger charge is 2.10. The van der Waals surface area contributed by atoms with Crippen LogP contribution in [0.1, 0.15) is 6.55 Å². The quantitative estimate of drug-likeness (QED) is 0.703. The number of hydrogen-bond acceptors (Lipinski definition) is 1. The lowest BCUT2D eigenvalue weighted by molar-refractivity contribution is 0.0664. The van der Waals surface area contributed by atoms with Crippen LogP contribution in [-0.4, -0.2) is 4.57 Å². The summed E-state index contributed by atoms with van der Waals surface area (Å²) in [4.78, 5) is 10.9. The predicted molar refractivity (Wildman–Crippen MR) is 42.0 cm³/mol. The van der Waals surface area contributed by atoms with Gasteiger partial charge in [-0.1, -0.05) is 23.2 Å². The monoisotopic (exact) mass is 213 g/mol. The maximum atomic E-state index is 12.0. The maximum Gasteiger partial charge on any atom is 0.321 e. The first kappa shape index (κ1) is 9.48. The lowest BCUT2D eigenvalue weighted by atomic mass is 10.5. The molecule has 0 aromatic carbocycles. The molecule has 1 aromatic heterocycles. The molecule has 0 saturated heterocycles. The van der Waals surface area contributed by atoms with Crippen molar-refractivity contribution < 1.29 is 8.78 Å². The predicted octanol–water partition coefficient (Wildman–Crippen LogP) is 2.55. The Labute approximate surface area is 76.3 Å². The Hall–Kier alpha value is -0.610. The third-order valence-electron chi connectivity index (χ3n) is 1.18. The standard InChI is InChI=1S/C6H3Cl2F2NO/c7-3-1-4(8)5(12)11(2-3)6(9)10/h1-2,6H. The number of nitrogens with zero attached hydrogens (tertiary/aromatic N) is 1. The van der Waals surface area contributed by atoms with Crippen LogP contribution >= 0.6 is 23.2 Å². The summed E-state index contributed by atoms with van der Waals surface area (Å²) in [6.45, 7) is -2.92. The largest absolute Gasteiger partial charge is 0.321 e. The molecule has 6 heteroatoms. The minimum Gasteiger partial charge on any atom is -0.268 e. The van der Waals surface area contributed by atoms with Crippen molar-refractivity contribution in [3.05, 3.63) is 32.7 Å². The van der Waals surface area contributed by atoms with Gasteiger partial charge in [-0.25, -0.2) is 0 Å². The lowest BCUT2D eigenvalue weighted by Crippen LogP contribution is -2.20. The van der Waals surface area contributed by atoms with Crippen LogP contribution in [0.2, 0.25) is 10.0 Å². The second-order valence-corrected chi connectivity index (χ2v) is 2.84. The molecule has 66 valence electrons. The molecule has 0 radical (unpaired) electrons. The Bertz CT molecular complexity index is 350. The highest BCUT2D eigenvalue weighted by molar-refractivity contribution is 6.34. The summed E-state index contributed by atoms with van der Waals surface area (Å²) in [7, 11) is 0. The molecule has 0 atom stereocenters. The summed E-state index contributed by atoms with van der Waals surface area (Å²) in [5.41, 5.74) is -0.948. The van der Waals surface area contributed by atoms with Gasteiger partial charge in [0.25, 0.3) is 5.56 Å². The van der Waals surface area contributed by atoms with Gasteiger partial charge >= 0.3 is 6.55 Å². The molecule has 1 aromatic rings. The van der Waals surface area contributed by atoms with Crippen molar-refractivity contribution in [1.29, 1.82) is 0 Å². The van der Waals surface area contributed by atoms with Crippen molar-refractivity contribution in [2.45, 2.75) is 6.55 Å². The molecule has 0 saturated carbocycles. The van der Waals surface area contributed by atoms with E-state index in [4.69, 9.17) is 23.2 Å². The summed E-state index contributed by atoms with van der Waals surface area (Å²) < 4.78 is 24.2. The van der Waals surface area contributed by atoms with Crippen LogP contribution in [0.4, 0.5) is 8.78 Å². The van der Waals surface area contributed by atoms with E-state index in [9.17, 15) is 13.6 Å². The fourth-order valence-corrected chi connectivity index (χ4v) is 1.17. The van der Waals surface area contributed by atoms with Crippen molar-refractivity contribution in [3.8, 4) is 0 Å². The first-order valence-electron chi connectivity index (χ1n) is 2.87. The van der Waals surface area contributed by atoms with E-state index in [2.05, 4.69) is 0 Å². The zero-order chi connectivity index (χ0) is 9.30. The SMILES string of the molecule is O=c1c(Cl)cc(Cl)cn1C(F)F. The topological polar surface area (TPSA) is 22.0 Å². The van der Waals surface area contributed by atoms with Gasteiger partial charge in [0, 0.05) is 6.20 Å². The third kappa shape index (κ3) is 1.76. The number of rotatable bonds is 1. The van der Waals surface area contributed by atoms with E-state index in [1.807, 2.05) is 0 Å². The smallest absolute Gasteiger partial charge is 0.268 e. The van der Waals surface area contributed by atoms with E-state index >= 15 is 0 Å². The average Bonchev–Trinajstić information content (AvgIpc) is 1.96. The van der Waals surface area contributed by atoms with Gasteiger partial charge in [-0.15, -0.1) is 0 Å². The van der Waals surface area contributed by atoms with Crippen LogP contribution in [0.5, 0.6) is 0 Å². The third-order valence-corrected chi connectivity index (χ3v) is 1.65. The summed E-state index contributed by atoms with van der Waals surface area (Å²) in [5, 5.41) is -0.317. The van der Waals surface area contributed by atoms with Crippen molar-refractivity contribution in [1.82, 2.24) is 4.57 Å². The van der Waals surface area contributed by atoms with Gasteiger partial charge in [-0.05, 0) is 6.07 Å². The molecule has 0 amide bonds. The molecule has 0 N–H and O–H groups in total. The Morgan fingerprint density at radius 3 is 2.50 bits per heavy atom. The maximum absolute atomic E-state index is 12.0. The molecule has 2 nitrogen and oxygen atoms in total. The first-order chi connectivity index (χ1) is 5.52. The second kappa shape index (κ2) is 3.41. The van der Waals surface area contributed by atoms with E-state index < -0.39 is 12.1 Å². The molecule has 1 rings (SSSR count). The molecule has 0 aliphatic heterocycles. The Kier molecular flexibility index (Phi) is 2.69. The van der Waals surface area contributed by atoms with Crippen molar-refractivity contribution in [2.24, 2.45) is 0 Å². The molecular formula is C6H3Cl2F2NO. The lowest BCUT2D eigenvalue weighted by Gasteiger charge is -2.03. The average molecular weight is 214 g/mol. The first-order valence-corrected chi connectivity index (χ1v) is 3.63. The van der Waals surface area contributed by atoms with Gasteiger partial charge in [-0.3, -0.25) is 9.36 Å². The summed E-state index contributed by atoms with van der Waals surface area (Å²) >= 11 is 10.7. The molecule has 0 aliphatic carbocycles. The number of hydrogen-bond donors (Lipinski definition) is 0. The summed E-state index contributed by atoms with van der Waals surface area (Å²) in [5.74, 6) is 0. The van der Waals surface area contributed by atoms with E-state index in [0.29, 0.717) is 0 Å². The van der Waals surface area contributed by atoms with Crippen molar-refractivity contribution in [2.75, 3.05) is 0 Å². The van der Waals surface area contributed by atoms with Crippen LogP contribution in [0.25, 0.3) is 0 Å². The highest BCUT2D eigenvalue weighted by Crippen LogP contribution is 2.15. The van der Waals surface area contributed by atoms with E-state index in [0.717, 1.165) is 12.3 Å². The number of aromatic nitrogens is 1. The van der Waals surface area contributed by atoms with Crippen molar-refractivity contribution >= 4 is 23.2 Å². The van der Waals surface area contributed by atoms with Gasteiger partial charge in [0.15, 0.2) is 0 Å². The molecule has 0 spiro atoms. The van der Waals surface area contributed by atoms with Crippen LogP contribution in [-0.2, 0) is 0 Å². The summed E-state index contributed by atoms with van der Waals surface area (Å²) in [6.07, 6.45) is 0.834. The Balaban J connectivity index is 3.38. The zero-order valence-electron chi connectivity index (χ0n) is 5.60. The highest BCUT2D eigenvalue weighted by atomic mass is 35.5. The fourth-order valence-electron chi connectivity index (χ4n) is 0.680. The summed E-state index contributed by atoms with van der Waals surface area (Å²) in [6, 6.07) is 1.12. The van der Waals surface area contributed by atoms with Crippen LogP contribution in [0, 0.1) is 0 Å². The van der Waals surface area contributed by atoms with Crippen LogP contribution in [0.3, 0.4) is 0 Å². The van der Waals surface area contributed by atoms with Crippen LogP contribution < -0.4 is 5.56 Å². The molecule has 0 bridgehead atoms. The van der Waals surface area contributed by atoms with Crippen LogP contribution in [0.15, 0.2) is 17.1 Å². The molecule has 0 aliphatic rings. The molecule has 0 unspecified atom stereocenters. The number of pyridine rings is 1. The molecular weight excluding hydrogens is 211 g/mol. The van der Waals surface area contributed by atoms with Gasteiger partial charge in [0.1, 0.15) is 5.02 Å². The minimum absolute atomic E-state index is 0.0000926.